The molecule has 1 aromatic rings. The van der Waals surface area contributed by atoms with Gasteiger partial charge in [-0.3, -0.25) is 0 Å². The fourth-order valence-corrected chi connectivity index (χ4v) is 2.10. The summed E-state index contributed by atoms with van der Waals surface area (Å²) in [5.41, 5.74) is 0.546. The van der Waals surface area contributed by atoms with Crippen LogP contribution in [0.3, 0.4) is 0 Å². The monoisotopic (exact) mass is 239 g/mol. The minimum absolute atomic E-state index is 0.170. The first-order chi connectivity index (χ1) is 7.95. The molecule has 0 amide bonds. The van der Waals surface area contributed by atoms with E-state index in [4.69, 9.17) is 4.74 Å². The molecule has 0 spiro atoms. The zero-order chi connectivity index (χ0) is 12.6. The largest absolute Gasteiger partial charge is 0.494 e. The molecular formula is C13H18FNO2. The van der Waals surface area contributed by atoms with Gasteiger partial charge in [0.25, 0.3) is 0 Å². The average Bonchev–Trinajstić information content (AvgIpc) is 2.29. The highest BCUT2D eigenvalue weighted by molar-refractivity contribution is 5.49. The normalized spacial score (nSPS) is 26.2. The number of nitrogens with one attached hydrogen (secondary N) is 1. The maximum atomic E-state index is 13.5. The smallest absolute Gasteiger partial charge is 0.167 e. The molecule has 0 saturated heterocycles. The van der Waals surface area contributed by atoms with Crippen LogP contribution in [-0.4, -0.2) is 24.4 Å². The Hall–Kier alpha value is -1.29. The summed E-state index contributed by atoms with van der Waals surface area (Å²) < 4.78 is 18.3. The van der Waals surface area contributed by atoms with E-state index in [0.717, 1.165) is 0 Å². The molecule has 1 aliphatic carbocycles. The van der Waals surface area contributed by atoms with Gasteiger partial charge in [-0.1, -0.05) is 13.8 Å². The van der Waals surface area contributed by atoms with Crippen LogP contribution < -0.4 is 10.1 Å². The number of aliphatic hydroxyl groups excluding tert-OH is 1. The van der Waals surface area contributed by atoms with Gasteiger partial charge in [0.2, 0.25) is 0 Å². The second-order valence-electron chi connectivity index (χ2n) is 5.12. The zero-order valence-corrected chi connectivity index (χ0v) is 10.3. The van der Waals surface area contributed by atoms with E-state index < -0.39 is 0 Å². The van der Waals surface area contributed by atoms with Crippen LogP contribution in [0, 0.1) is 11.2 Å². The predicted octanol–water partition coefficient (Wildman–Crippen LogP) is 2.41. The molecule has 1 saturated carbocycles. The Labute approximate surface area is 101 Å². The lowest BCUT2D eigenvalue weighted by molar-refractivity contribution is -0.0510. The summed E-state index contributed by atoms with van der Waals surface area (Å²) in [6.45, 7) is 4.00. The first-order valence-electron chi connectivity index (χ1n) is 5.73. The van der Waals surface area contributed by atoms with Gasteiger partial charge in [0.05, 0.1) is 13.2 Å². The standard InChI is InChI=1S/C13H18FNO2/c1-13(2)11(7-12(13)16)15-8-4-5-10(17-3)9(14)6-8/h4-6,11-12,15-16H,7H2,1-3H3. The number of anilines is 1. The number of hydrogen-bond donors (Lipinski definition) is 2. The van der Waals surface area contributed by atoms with E-state index in [1.54, 1.807) is 12.1 Å². The SMILES string of the molecule is COc1ccc(NC2CC(O)C2(C)C)cc1F. The van der Waals surface area contributed by atoms with Crippen LogP contribution in [0.1, 0.15) is 20.3 Å². The van der Waals surface area contributed by atoms with Crippen molar-refractivity contribution < 1.29 is 14.2 Å². The Morgan fingerprint density at radius 1 is 1.47 bits per heavy atom. The molecular weight excluding hydrogens is 221 g/mol. The van der Waals surface area contributed by atoms with E-state index in [2.05, 4.69) is 5.32 Å². The van der Waals surface area contributed by atoms with Crippen molar-refractivity contribution in [2.75, 3.05) is 12.4 Å². The molecule has 2 rings (SSSR count). The fourth-order valence-electron chi connectivity index (χ4n) is 2.10. The lowest BCUT2D eigenvalue weighted by Gasteiger charge is -2.49. The predicted molar refractivity (Wildman–Crippen MR) is 64.8 cm³/mol. The van der Waals surface area contributed by atoms with Gasteiger partial charge in [0.1, 0.15) is 0 Å². The lowest BCUT2D eigenvalue weighted by Crippen LogP contribution is -2.56. The summed E-state index contributed by atoms with van der Waals surface area (Å²) in [6.07, 6.45) is 0.406. The first kappa shape index (κ1) is 12.2. The van der Waals surface area contributed by atoms with Crippen LogP contribution in [0.5, 0.6) is 5.75 Å². The second-order valence-corrected chi connectivity index (χ2v) is 5.12. The summed E-state index contributed by atoms with van der Waals surface area (Å²) in [6, 6.07) is 4.97. The van der Waals surface area contributed by atoms with Gasteiger partial charge < -0.3 is 15.2 Å². The number of halogens is 1. The second kappa shape index (κ2) is 4.18. The minimum atomic E-state index is -0.379. The van der Waals surface area contributed by atoms with Gasteiger partial charge in [0, 0.05) is 23.2 Å². The highest BCUT2D eigenvalue weighted by atomic mass is 19.1. The number of aliphatic hydroxyl groups is 1. The molecule has 17 heavy (non-hydrogen) atoms. The highest BCUT2D eigenvalue weighted by Gasteiger charge is 2.47. The topological polar surface area (TPSA) is 41.5 Å². The Morgan fingerprint density at radius 2 is 2.18 bits per heavy atom. The zero-order valence-electron chi connectivity index (χ0n) is 10.3. The Kier molecular flexibility index (Phi) is 3.00. The molecule has 0 aliphatic heterocycles. The Bertz CT molecular complexity index is 420. The summed E-state index contributed by atoms with van der Waals surface area (Å²) in [4.78, 5) is 0. The molecule has 1 fully saturated rings. The van der Waals surface area contributed by atoms with Gasteiger partial charge in [-0.15, -0.1) is 0 Å². The van der Waals surface area contributed by atoms with Crippen molar-refractivity contribution in [1.29, 1.82) is 0 Å². The van der Waals surface area contributed by atoms with Crippen molar-refractivity contribution in [3.8, 4) is 5.75 Å². The van der Waals surface area contributed by atoms with Crippen LogP contribution in [0.4, 0.5) is 10.1 Å². The van der Waals surface area contributed by atoms with Gasteiger partial charge in [-0.2, -0.15) is 0 Å². The van der Waals surface area contributed by atoms with Crippen LogP contribution in [-0.2, 0) is 0 Å². The minimum Gasteiger partial charge on any atom is -0.494 e. The van der Waals surface area contributed by atoms with Crippen LogP contribution in [0.2, 0.25) is 0 Å². The molecule has 1 aliphatic rings. The van der Waals surface area contributed by atoms with E-state index in [1.807, 2.05) is 13.8 Å². The highest BCUT2D eigenvalue weighted by Crippen LogP contribution is 2.42. The maximum absolute atomic E-state index is 13.5. The van der Waals surface area contributed by atoms with Gasteiger partial charge in [0.15, 0.2) is 11.6 Å². The molecule has 0 aromatic heterocycles. The van der Waals surface area contributed by atoms with E-state index >= 15 is 0 Å². The van der Waals surface area contributed by atoms with Gasteiger partial charge in [-0.25, -0.2) is 4.39 Å². The lowest BCUT2D eigenvalue weighted by atomic mass is 9.64. The molecule has 4 heteroatoms. The van der Waals surface area contributed by atoms with Crippen LogP contribution >= 0.6 is 0 Å². The summed E-state index contributed by atoms with van der Waals surface area (Å²) in [5.74, 6) is -0.140. The van der Waals surface area contributed by atoms with E-state index in [1.165, 1.54) is 13.2 Å². The third-order valence-corrected chi connectivity index (χ3v) is 3.71. The molecule has 1 aromatic carbocycles. The van der Waals surface area contributed by atoms with Crippen molar-refractivity contribution in [1.82, 2.24) is 0 Å². The van der Waals surface area contributed by atoms with Crippen LogP contribution in [0.25, 0.3) is 0 Å². The number of ether oxygens (including phenoxy) is 1. The average molecular weight is 239 g/mol. The fraction of sp³-hybridized carbons (Fsp3) is 0.538. The van der Waals surface area contributed by atoms with Gasteiger partial charge >= 0.3 is 0 Å². The Morgan fingerprint density at radius 3 is 2.65 bits per heavy atom. The maximum Gasteiger partial charge on any atom is 0.167 e. The molecule has 2 atom stereocenters. The molecule has 3 nitrogen and oxygen atoms in total. The summed E-state index contributed by atoms with van der Waals surface area (Å²) in [5, 5.41) is 12.9. The molecule has 2 unspecified atom stereocenters. The van der Waals surface area contributed by atoms with Gasteiger partial charge in [-0.05, 0) is 18.6 Å². The molecule has 2 N–H and O–H groups in total. The first-order valence-corrected chi connectivity index (χ1v) is 5.73. The third kappa shape index (κ3) is 2.09. The van der Waals surface area contributed by atoms with Crippen molar-refractivity contribution in [3.63, 3.8) is 0 Å². The number of hydrogen-bond acceptors (Lipinski definition) is 3. The number of methoxy groups -OCH3 is 1. The molecule has 0 bridgehead atoms. The summed E-state index contributed by atoms with van der Waals surface area (Å²) in [7, 11) is 1.44. The third-order valence-electron chi connectivity index (χ3n) is 3.71. The summed E-state index contributed by atoms with van der Waals surface area (Å²) >= 11 is 0. The van der Waals surface area contributed by atoms with Crippen LogP contribution in [0.15, 0.2) is 18.2 Å². The molecule has 94 valence electrons. The van der Waals surface area contributed by atoms with Crippen molar-refractivity contribution in [2.45, 2.75) is 32.4 Å². The molecule has 0 radical (unpaired) electrons. The van der Waals surface area contributed by atoms with Crippen molar-refractivity contribution in [3.05, 3.63) is 24.0 Å². The van der Waals surface area contributed by atoms with Crippen molar-refractivity contribution in [2.24, 2.45) is 5.41 Å². The van der Waals surface area contributed by atoms with E-state index in [9.17, 15) is 9.50 Å². The number of rotatable bonds is 3. The van der Waals surface area contributed by atoms with Crippen molar-refractivity contribution >= 4 is 5.69 Å². The number of benzene rings is 1. The quantitative estimate of drug-likeness (QED) is 0.851. The molecule has 0 heterocycles. The van der Waals surface area contributed by atoms with E-state index in [-0.39, 0.29) is 29.1 Å². The Balaban J connectivity index is 2.08. The van der Waals surface area contributed by atoms with E-state index in [0.29, 0.717) is 12.1 Å².